The van der Waals surface area contributed by atoms with Gasteiger partial charge in [0.2, 0.25) is 5.91 Å². The number of hydrogen-bond acceptors (Lipinski definition) is 3. The molecule has 5 heteroatoms. The van der Waals surface area contributed by atoms with E-state index in [0.717, 1.165) is 50.8 Å². The fraction of sp³-hybridized carbons (Fsp3) is 0.562. The van der Waals surface area contributed by atoms with E-state index < -0.39 is 0 Å². The Kier molecular flexibility index (Phi) is 4.78. The second-order valence-corrected chi connectivity index (χ2v) is 6.14. The summed E-state index contributed by atoms with van der Waals surface area (Å²) in [6, 6.07) is 7.96. The van der Waals surface area contributed by atoms with Gasteiger partial charge in [0.1, 0.15) is 0 Å². The molecule has 2 heterocycles. The van der Waals surface area contributed by atoms with Gasteiger partial charge in [-0.05, 0) is 18.1 Å². The van der Waals surface area contributed by atoms with Crippen molar-refractivity contribution in [2.24, 2.45) is 0 Å². The summed E-state index contributed by atoms with van der Waals surface area (Å²) in [4.78, 5) is 16.5. The summed E-state index contributed by atoms with van der Waals surface area (Å²) in [6.07, 6.45) is 0.999. The SMILES string of the molecule is O=C(CN1CCOCC1)N1CC[C@H](c2ccccc2Cl)C1. The highest BCUT2D eigenvalue weighted by molar-refractivity contribution is 6.31. The van der Waals surface area contributed by atoms with Crippen LogP contribution < -0.4 is 0 Å². The van der Waals surface area contributed by atoms with Crippen LogP contribution >= 0.6 is 11.6 Å². The third-order valence-corrected chi connectivity index (χ3v) is 4.69. The predicted molar refractivity (Wildman–Crippen MR) is 82.6 cm³/mol. The van der Waals surface area contributed by atoms with Crippen LogP contribution in [0.2, 0.25) is 5.02 Å². The molecule has 0 spiro atoms. The minimum absolute atomic E-state index is 0.228. The van der Waals surface area contributed by atoms with E-state index in [1.54, 1.807) is 0 Å². The van der Waals surface area contributed by atoms with Crippen molar-refractivity contribution in [2.45, 2.75) is 12.3 Å². The number of halogens is 1. The Hall–Kier alpha value is -1.10. The van der Waals surface area contributed by atoms with E-state index in [-0.39, 0.29) is 5.91 Å². The fourth-order valence-corrected chi connectivity index (χ4v) is 3.39. The largest absolute Gasteiger partial charge is 0.379 e. The molecular formula is C16H21ClN2O2. The molecule has 1 aromatic rings. The standard InChI is InChI=1S/C16H21ClN2O2/c17-15-4-2-1-3-14(15)13-5-6-19(11-13)16(20)12-18-7-9-21-10-8-18/h1-4,13H,5-12H2/t13-/m0/s1. The Balaban J connectivity index is 1.56. The van der Waals surface area contributed by atoms with Crippen molar-refractivity contribution in [3.63, 3.8) is 0 Å². The summed E-state index contributed by atoms with van der Waals surface area (Å²) in [5.41, 5.74) is 1.17. The number of carbonyl (C=O) groups excluding carboxylic acids is 1. The number of hydrogen-bond donors (Lipinski definition) is 0. The molecule has 2 aliphatic heterocycles. The number of rotatable bonds is 3. The van der Waals surface area contributed by atoms with E-state index in [1.165, 1.54) is 5.56 Å². The molecule has 0 radical (unpaired) electrons. The average molecular weight is 309 g/mol. The zero-order valence-corrected chi connectivity index (χ0v) is 12.9. The molecule has 2 saturated heterocycles. The molecular weight excluding hydrogens is 288 g/mol. The van der Waals surface area contributed by atoms with E-state index >= 15 is 0 Å². The van der Waals surface area contributed by atoms with E-state index in [9.17, 15) is 4.79 Å². The molecule has 1 aromatic carbocycles. The highest BCUT2D eigenvalue weighted by atomic mass is 35.5. The zero-order valence-electron chi connectivity index (χ0n) is 12.1. The highest BCUT2D eigenvalue weighted by Gasteiger charge is 2.29. The van der Waals surface area contributed by atoms with Crippen molar-refractivity contribution < 1.29 is 9.53 Å². The minimum Gasteiger partial charge on any atom is -0.379 e. The van der Waals surface area contributed by atoms with Gasteiger partial charge in [0.15, 0.2) is 0 Å². The van der Waals surface area contributed by atoms with Gasteiger partial charge in [0.25, 0.3) is 0 Å². The second kappa shape index (κ2) is 6.77. The summed E-state index contributed by atoms with van der Waals surface area (Å²) >= 11 is 6.26. The lowest BCUT2D eigenvalue weighted by molar-refractivity contribution is -0.132. The maximum Gasteiger partial charge on any atom is 0.236 e. The highest BCUT2D eigenvalue weighted by Crippen LogP contribution is 2.31. The molecule has 2 fully saturated rings. The lowest BCUT2D eigenvalue weighted by atomic mass is 9.98. The van der Waals surface area contributed by atoms with Gasteiger partial charge in [-0.25, -0.2) is 0 Å². The number of amides is 1. The molecule has 0 bridgehead atoms. The first-order valence-electron chi connectivity index (χ1n) is 7.56. The summed E-state index contributed by atoms with van der Waals surface area (Å²) < 4.78 is 5.31. The van der Waals surface area contributed by atoms with Crippen molar-refractivity contribution >= 4 is 17.5 Å². The summed E-state index contributed by atoms with van der Waals surface area (Å²) in [7, 11) is 0. The van der Waals surface area contributed by atoms with Crippen LogP contribution in [0, 0.1) is 0 Å². The number of carbonyl (C=O) groups is 1. The number of ether oxygens (including phenoxy) is 1. The molecule has 0 aliphatic carbocycles. The first kappa shape index (κ1) is 14.8. The number of morpholine rings is 1. The second-order valence-electron chi connectivity index (χ2n) is 5.74. The fourth-order valence-electron chi connectivity index (χ4n) is 3.10. The molecule has 3 rings (SSSR count). The lowest BCUT2D eigenvalue weighted by Crippen LogP contribution is -2.44. The predicted octanol–water partition coefficient (Wildman–Crippen LogP) is 1.99. The van der Waals surface area contributed by atoms with Gasteiger partial charge in [-0.1, -0.05) is 29.8 Å². The third-order valence-electron chi connectivity index (χ3n) is 4.35. The van der Waals surface area contributed by atoms with Crippen molar-refractivity contribution in [1.82, 2.24) is 9.80 Å². The van der Waals surface area contributed by atoms with Crippen LogP contribution in [0.15, 0.2) is 24.3 Å². The van der Waals surface area contributed by atoms with Gasteiger partial charge in [-0.15, -0.1) is 0 Å². The van der Waals surface area contributed by atoms with E-state index in [4.69, 9.17) is 16.3 Å². The van der Waals surface area contributed by atoms with Gasteiger partial charge in [0, 0.05) is 37.1 Å². The van der Waals surface area contributed by atoms with E-state index in [0.29, 0.717) is 12.5 Å². The third kappa shape index (κ3) is 3.57. The zero-order chi connectivity index (χ0) is 14.7. The molecule has 1 amide bonds. The summed E-state index contributed by atoms with van der Waals surface area (Å²) in [5, 5.41) is 0.810. The van der Waals surface area contributed by atoms with Gasteiger partial charge >= 0.3 is 0 Å². The van der Waals surface area contributed by atoms with Crippen molar-refractivity contribution in [2.75, 3.05) is 45.9 Å². The molecule has 0 unspecified atom stereocenters. The van der Waals surface area contributed by atoms with Gasteiger partial charge in [0.05, 0.1) is 19.8 Å². The van der Waals surface area contributed by atoms with Crippen LogP contribution in [0.4, 0.5) is 0 Å². The van der Waals surface area contributed by atoms with Gasteiger partial charge in [-0.2, -0.15) is 0 Å². The maximum absolute atomic E-state index is 12.4. The molecule has 0 N–H and O–H groups in total. The molecule has 4 nitrogen and oxygen atoms in total. The van der Waals surface area contributed by atoms with Crippen LogP contribution in [0.1, 0.15) is 17.9 Å². The minimum atomic E-state index is 0.228. The van der Waals surface area contributed by atoms with Crippen LogP contribution in [0.3, 0.4) is 0 Å². The number of nitrogens with zero attached hydrogens (tertiary/aromatic N) is 2. The van der Waals surface area contributed by atoms with Crippen molar-refractivity contribution in [1.29, 1.82) is 0 Å². The monoisotopic (exact) mass is 308 g/mol. The van der Waals surface area contributed by atoms with Gasteiger partial charge in [-0.3, -0.25) is 9.69 Å². The van der Waals surface area contributed by atoms with Crippen LogP contribution in [-0.4, -0.2) is 61.6 Å². The number of benzene rings is 1. The van der Waals surface area contributed by atoms with Crippen LogP contribution in [-0.2, 0) is 9.53 Å². The van der Waals surface area contributed by atoms with Crippen molar-refractivity contribution in [3.8, 4) is 0 Å². The number of likely N-dealkylation sites (tertiary alicyclic amines) is 1. The molecule has 21 heavy (non-hydrogen) atoms. The van der Waals surface area contributed by atoms with Crippen LogP contribution in [0.25, 0.3) is 0 Å². The Morgan fingerprint density at radius 2 is 2.00 bits per heavy atom. The normalized spacial score (nSPS) is 23.5. The first-order valence-corrected chi connectivity index (χ1v) is 7.94. The topological polar surface area (TPSA) is 32.8 Å². The Morgan fingerprint density at radius 1 is 1.24 bits per heavy atom. The quantitative estimate of drug-likeness (QED) is 0.856. The molecule has 0 saturated carbocycles. The Bertz CT molecular complexity index is 503. The van der Waals surface area contributed by atoms with Crippen molar-refractivity contribution in [3.05, 3.63) is 34.9 Å². The van der Waals surface area contributed by atoms with E-state index in [2.05, 4.69) is 11.0 Å². The molecule has 2 aliphatic rings. The average Bonchev–Trinajstić information content (AvgIpc) is 2.98. The maximum atomic E-state index is 12.4. The summed E-state index contributed by atoms with van der Waals surface area (Å²) in [6.45, 7) is 5.30. The Morgan fingerprint density at radius 3 is 2.76 bits per heavy atom. The summed E-state index contributed by atoms with van der Waals surface area (Å²) in [5.74, 6) is 0.596. The van der Waals surface area contributed by atoms with E-state index in [1.807, 2.05) is 23.1 Å². The molecule has 1 atom stereocenters. The first-order chi connectivity index (χ1) is 10.2. The van der Waals surface area contributed by atoms with Crippen LogP contribution in [0.5, 0.6) is 0 Å². The lowest BCUT2D eigenvalue weighted by Gasteiger charge is -2.28. The molecule has 0 aromatic heterocycles. The smallest absolute Gasteiger partial charge is 0.236 e. The molecule has 114 valence electrons. The Labute approximate surface area is 130 Å². The van der Waals surface area contributed by atoms with Gasteiger partial charge < -0.3 is 9.64 Å².